The Morgan fingerprint density at radius 2 is 2.06 bits per heavy atom. The summed E-state index contributed by atoms with van der Waals surface area (Å²) in [5.74, 6) is -1.63. The number of ether oxygens (including phenoxy) is 1. The van der Waals surface area contributed by atoms with E-state index < -0.39 is 11.6 Å². The minimum Gasteiger partial charge on any atom is -0.421 e. The molecule has 4 nitrogen and oxygen atoms in total. The maximum atomic E-state index is 13.3. The number of nitrogens with two attached hydrogens (primary N) is 1. The molecule has 2 rings (SSSR count). The van der Waals surface area contributed by atoms with Gasteiger partial charge in [-0.3, -0.25) is 0 Å². The van der Waals surface area contributed by atoms with Gasteiger partial charge in [0.05, 0.1) is 5.69 Å². The van der Waals surface area contributed by atoms with Gasteiger partial charge in [0, 0.05) is 18.8 Å². The van der Waals surface area contributed by atoms with Gasteiger partial charge >= 0.3 is 6.01 Å². The summed E-state index contributed by atoms with van der Waals surface area (Å²) < 4.78 is 31.0. The first-order chi connectivity index (χ1) is 8.19. The second-order valence-electron chi connectivity index (χ2n) is 3.21. The molecule has 0 fully saturated rings. The van der Waals surface area contributed by atoms with E-state index in [2.05, 4.69) is 9.97 Å². The molecule has 0 saturated heterocycles. The smallest absolute Gasteiger partial charge is 0.322 e. The molecule has 0 spiro atoms. The number of hydrogen-bond donors (Lipinski definition) is 1. The number of rotatable bonds is 3. The molecule has 1 aromatic heterocycles. The normalized spacial score (nSPS) is 10.3. The van der Waals surface area contributed by atoms with E-state index in [4.69, 9.17) is 10.5 Å². The van der Waals surface area contributed by atoms with Crippen LogP contribution in [0.25, 0.3) is 0 Å². The molecule has 0 aliphatic carbocycles. The van der Waals surface area contributed by atoms with Crippen LogP contribution in [-0.4, -0.2) is 9.97 Å². The predicted octanol–water partition coefficient (Wildman–Crippen LogP) is 2.01. The number of aromatic nitrogens is 2. The molecule has 1 heterocycles. The van der Waals surface area contributed by atoms with E-state index in [1.807, 2.05) is 0 Å². The molecule has 1 aromatic carbocycles. The largest absolute Gasteiger partial charge is 0.421 e. The molecule has 88 valence electrons. The van der Waals surface area contributed by atoms with E-state index in [1.165, 1.54) is 12.3 Å². The van der Waals surface area contributed by atoms with Gasteiger partial charge in [-0.2, -0.15) is 4.98 Å². The minimum absolute atomic E-state index is 0.0292. The standard InChI is InChI=1S/C11H9F2N3O/c12-7-1-2-10(9(13)5-7)17-11-15-4-3-8(6-14)16-11/h1-5H,6,14H2. The third-order valence-electron chi connectivity index (χ3n) is 2.00. The average molecular weight is 237 g/mol. The minimum atomic E-state index is -0.813. The summed E-state index contributed by atoms with van der Waals surface area (Å²) in [5.41, 5.74) is 5.96. The van der Waals surface area contributed by atoms with Crippen LogP contribution >= 0.6 is 0 Å². The van der Waals surface area contributed by atoms with Crippen LogP contribution in [0, 0.1) is 11.6 Å². The molecule has 0 unspecified atom stereocenters. The molecule has 0 aliphatic rings. The first-order valence-corrected chi connectivity index (χ1v) is 4.84. The highest BCUT2D eigenvalue weighted by atomic mass is 19.1. The van der Waals surface area contributed by atoms with Gasteiger partial charge in [0.25, 0.3) is 0 Å². The number of halogens is 2. The molecule has 0 aliphatic heterocycles. The van der Waals surface area contributed by atoms with Crippen molar-refractivity contribution in [3.8, 4) is 11.8 Å². The number of nitrogens with zero attached hydrogens (tertiary/aromatic N) is 2. The molecule has 0 saturated carbocycles. The van der Waals surface area contributed by atoms with E-state index >= 15 is 0 Å². The highest BCUT2D eigenvalue weighted by Gasteiger charge is 2.08. The van der Waals surface area contributed by atoms with Gasteiger partial charge in [-0.05, 0) is 18.2 Å². The fraction of sp³-hybridized carbons (Fsp3) is 0.0909. The van der Waals surface area contributed by atoms with E-state index in [-0.39, 0.29) is 18.3 Å². The first-order valence-electron chi connectivity index (χ1n) is 4.84. The third-order valence-corrected chi connectivity index (χ3v) is 2.00. The van der Waals surface area contributed by atoms with Crippen molar-refractivity contribution in [1.82, 2.24) is 9.97 Å². The Balaban J connectivity index is 2.25. The fourth-order valence-electron chi connectivity index (χ4n) is 1.20. The molecule has 0 atom stereocenters. The van der Waals surface area contributed by atoms with Crippen molar-refractivity contribution in [2.24, 2.45) is 5.73 Å². The number of hydrogen-bond acceptors (Lipinski definition) is 4. The first kappa shape index (κ1) is 11.4. The lowest BCUT2D eigenvalue weighted by Gasteiger charge is -2.05. The molecule has 17 heavy (non-hydrogen) atoms. The molecular weight excluding hydrogens is 228 g/mol. The van der Waals surface area contributed by atoms with Crippen LogP contribution in [0.3, 0.4) is 0 Å². The SMILES string of the molecule is NCc1ccnc(Oc2ccc(F)cc2F)n1. The van der Waals surface area contributed by atoms with Crippen LogP contribution < -0.4 is 10.5 Å². The summed E-state index contributed by atoms with van der Waals surface area (Å²) in [5, 5.41) is 0. The quantitative estimate of drug-likeness (QED) is 0.886. The zero-order chi connectivity index (χ0) is 12.3. The van der Waals surface area contributed by atoms with Crippen LogP contribution in [0.1, 0.15) is 5.69 Å². The van der Waals surface area contributed by atoms with E-state index in [9.17, 15) is 8.78 Å². The Morgan fingerprint density at radius 3 is 2.76 bits per heavy atom. The average Bonchev–Trinajstić information content (AvgIpc) is 2.33. The lowest BCUT2D eigenvalue weighted by molar-refractivity contribution is 0.406. The van der Waals surface area contributed by atoms with Crippen molar-refractivity contribution in [3.63, 3.8) is 0 Å². The molecule has 6 heteroatoms. The van der Waals surface area contributed by atoms with Crippen LogP contribution in [0.2, 0.25) is 0 Å². The zero-order valence-electron chi connectivity index (χ0n) is 8.73. The Kier molecular flexibility index (Phi) is 3.24. The molecule has 2 aromatic rings. The molecule has 0 bridgehead atoms. The topological polar surface area (TPSA) is 61.0 Å². The van der Waals surface area contributed by atoms with Crippen molar-refractivity contribution in [2.45, 2.75) is 6.54 Å². The number of benzene rings is 1. The van der Waals surface area contributed by atoms with Crippen LogP contribution in [0.4, 0.5) is 8.78 Å². The van der Waals surface area contributed by atoms with Crippen LogP contribution in [0.5, 0.6) is 11.8 Å². The second kappa shape index (κ2) is 4.84. The highest BCUT2D eigenvalue weighted by molar-refractivity contribution is 5.27. The lowest BCUT2D eigenvalue weighted by atomic mass is 10.3. The third kappa shape index (κ3) is 2.73. The van der Waals surface area contributed by atoms with Crippen molar-refractivity contribution in [2.75, 3.05) is 0 Å². The van der Waals surface area contributed by atoms with E-state index in [0.29, 0.717) is 5.69 Å². The molecule has 0 radical (unpaired) electrons. The van der Waals surface area contributed by atoms with Crippen LogP contribution in [-0.2, 0) is 6.54 Å². The Hall–Kier alpha value is -2.08. The summed E-state index contributed by atoms with van der Waals surface area (Å²) in [7, 11) is 0. The Labute approximate surface area is 96.1 Å². The summed E-state index contributed by atoms with van der Waals surface area (Å²) >= 11 is 0. The van der Waals surface area contributed by atoms with Crippen molar-refractivity contribution < 1.29 is 13.5 Å². The lowest BCUT2D eigenvalue weighted by Crippen LogP contribution is -2.02. The van der Waals surface area contributed by atoms with Gasteiger partial charge in [-0.25, -0.2) is 13.8 Å². The molecule has 2 N–H and O–H groups in total. The Morgan fingerprint density at radius 1 is 1.24 bits per heavy atom. The van der Waals surface area contributed by atoms with E-state index in [1.54, 1.807) is 6.07 Å². The molecular formula is C11H9F2N3O. The molecule has 0 amide bonds. The predicted molar refractivity (Wildman–Crippen MR) is 56.4 cm³/mol. The maximum Gasteiger partial charge on any atom is 0.322 e. The summed E-state index contributed by atoms with van der Waals surface area (Å²) in [6.07, 6.45) is 1.45. The fourth-order valence-corrected chi connectivity index (χ4v) is 1.20. The summed E-state index contributed by atoms with van der Waals surface area (Å²) in [4.78, 5) is 7.73. The van der Waals surface area contributed by atoms with Crippen LogP contribution in [0.15, 0.2) is 30.5 Å². The van der Waals surface area contributed by atoms with E-state index in [0.717, 1.165) is 12.1 Å². The highest BCUT2D eigenvalue weighted by Crippen LogP contribution is 2.22. The van der Waals surface area contributed by atoms with Gasteiger partial charge in [0.15, 0.2) is 11.6 Å². The van der Waals surface area contributed by atoms with Gasteiger partial charge in [-0.1, -0.05) is 0 Å². The van der Waals surface area contributed by atoms with Gasteiger partial charge in [0.1, 0.15) is 5.82 Å². The van der Waals surface area contributed by atoms with Gasteiger partial charge in [-0.15, -0.1) is 0 Å². The monoisotopic (exact) mass is 237 g/mol. The van der Waals surface area contributed by atoms with Crippen molar-refractivity contribution in [3.05, 3.63) is 47.8 Å². The summed E-state index contributed by atoms with van der Waals surface area (Å²) in [6.45, 7) is 0.227. The van der Waals surface area contributed by atoms with Gasteiger partial charge in [0.2, 0.25) is 0 Å². The summed E-state index contributed by atoms with van der Waals surface area (Å²) in [6, 6.07) is 4.57. The maximum absolute atomic E-state index is 13.3. The second-order valence-corrected chi connectivity index (χ2v) is 3.21. The van der Waals surface area contributed by atoms with Gasteiger partial charge < -0.3 is 10.5 Å². The zero-order valence-corrected chi connectivity index (χ0v) is 8.73. The Bertz CT molecular complexity index is 534. The van der Waals surface area contributed by atoms with Crippen molar-refractivity contribution in [1.29, 1.82) is 0 Å². The van der Waals surface area contributed by atoms with Crippen molar-refractivity contribution >= 4 is 0 Å².